The molecular formula is C29H26N2O3. The minimum atomic E-state index is -0.295. The molecule has 2 aliphatic carbocycles. The zero-order chi connectivity index (χ0) is 23.1. The number of allylic oxidation sites excluding steroid dienone is 2. The molecular weight excluding hydrogens is 424 g/mol. The Morgan fingerprint density at radius 2 is 1.71 bits per heavy atom. The second-order valence-corrected chi connectivity index (χ2v) is 9.47. The number of hydrazone groups is 1. The number of benzene rings is 3. The van der Waals surface area contributed by atoms with Gasteiger partial charge in [-0.05, 0) is 52.6 Å². The van der Waals surface area contributed by atoms with Gasteiger partial charge in [0.05, 0.1) is 17.7 Å². The third-order valence-corrected chi connectivity index (χ3v) is 7.35. The van der Waals surface area contributed by atoms with Gasteiger partial charge in [0.2, 0.25) is 0 Å². The number of amides is 1. The number of ether oxygens (including phenoxy) is 1. The van der Waals surface area contributed by atoms with Crippen molar-refractivity contribution < 1.29 is 14.3 Å². The summed E-state index contributed by atoms with van der Waals surface area (Å²) in [6, 6.07) is 24.2. The number of rotatable bonds is 5. The van der Waals surface area contributed by atoms with Crippen molar-refractivity contribution in [2.24, 2.45) is 22.9 Å². The summed E-state index contributed by atoms with van der Waals surface area (Å²) in [6.07, 6.45) is 6.77. The van der Waals surface area contributed by atoms with Crippen molar-refractivity contribution in [1.82, 2.24) is 5.01 Å². The second-order valence-electron chi connectivity index (χ2n) is 9.47. The fourth-order valence-electron chi connectivity index (χ4n) is 5.58. The highest BCUT2D eigenvalue weighted by molar-refractivity contribution is 6.05. The average Bonchev–Trinajstić information content (AvgIpc) is 3.63. The number of hydrogen-bond acceptors (Lipinski definition) is 4. The summed E-state index contributed by atoms with van der Waals surface area (Å²) < 4.78 is 5.50. The van der Waals surface area contributed by atoms with E-state index in [-0.39, 0.29) is 36.4 Å². The minimum Gasteiger partial charge on any atom is -0.455 e. The molecule has 0 aromatic heterocycles. The maximum absolute atomic E-state index is 13.2. The van der Waals surface area contributed by atoms with E-state index < -0.39 is 0 Å². The summed E-state index contributed by atoms with van der Waals surface area (Å²) in [4.78, 5) is 25.9. The predicted molar refractivity (Wildman–Crippen MR) is 131 cm³/mol. The smallest absolute Gasteiger partial charge is 0.310 e. The van der Waals surface area contributed by atoms with E-state index in [1.807, 2.05) is 42.5 Å². The van der Waals surface area contributed by atoms with E-state index in [1.54, 1.807) is 0 Å². The van der Waals surface area contributed by atoms with Gasteiger partial charge in [-0.1, -0.05) is 78.9 Å². The molecule has 34 heavy (non-hydrogen) atoms. The molecule has 5 heteroatoms. The number of esters is 1. The molecule has 1 heterocycles. The Hall–Kier alpha value is -3.73. The lowest BCUT2D eigenvalue weighted by Gasteiger charge is -2.22. The Kier molecular flexibility index (Phi) is 5.25. The summed E-state index contributed by atoms with van der Waals surface area (Å²) in [5.41, 5.74) is 2.87. The number of carbonyl (C=O) groups is 2. The summed E-state index contributed by atoms with van der Waals surface area (Å²) in [5, 5.41) is 8.55. The molecule has 3 aliphatic rings. The van der Waals surface area contributed by atoms with Crippen LogP contribution in [0, 0.1) is 17.8 Å². The Bertz CT molecular complexity index is 1310. The van der Waals surface area contributed by atoms with Crippen molar-refractivity contribution in [3.63, 3.8) is 0 Å². The van der Waals surface area contributed by atoms with E-state index in [0.717, 1.165) is 35.1 Å². The second kappa shape index (κ2) is 8.56. The van der Waals surface area contributed by atoms with E-state index in [1.165, 1.54) is 10.4 Å². The van der Waals surface area contributed by atoms with Gasteiger partial charge in [-0.2, -0.15) is 5.10 Å². The number of fused-ring (bicyclic) bond motifs is 3. The molecule has 1 fully saturated rings. The van der Waals surface area contributed by atoms with Crippen LogP contribution in [0.25, 0.3) is 10.8 Å². The first-order chi connectivity index (χ1) is 16.7. The molecule has 1 saturated carbocycles. The summed E-state index contributed by atoms with van der Waals surface area (Å²) in [7, 11) is 0. The maximum atomic E-state index is 13.2. The van der Waals surface area contributed by atoms with E-state index in [4.69, 9.17) is 9.84 Å². The Balaban J connectivity index is 1.23. The van der Waals surface area contributed by atoms with Crippen molar-refractivity contribution >= 4 is 28.4 Å². The third kappa shape index (κ3) is 3.81. The molecule has 3 aromatic carbocycles. The maximum Gasteiger partial charge on any atom is 0.310 e. The summed E-state index contributed by atoms with van der Waals surface area (Å²) in [5.74, 6) is 0.0569. The van der Waals surface area contributed by atoms with Crippen LogP contribution in [0.3, 0.4) is 0 Å². The van der Waals surface area contributed by atoms with Gasteiger partial charge >= 0.3 is 5.97 Å². The van der Waals surface area contributed by atoms with Gasteiger partial charge in [-0.25, -0.2) is 5.01 Å². The van der Waals surface area contributed by atoms with Crippen molar-refractivity contribution in [1.29, 1.82) is 0 Å². The number of nitrogens with zero attached hydrogens (tertiary/aromatic N) is 2. The molecule has 1 aliphatic heterocycles. The van der Waals surface area contributed by atoms with E-state index in [9.17, 15) is 9.59 Å². The highest BCUT2D eigenvalue weighted by Crippen LogP contribution is 2.44. The molecule has 4 atom stereocenters. The van der Waals surface area contributed by atoms with Crippen LogP contribution in [0.2, 0.25) is 0 Å². The fraction of sp³-hybridized carbons (Fsp3) is 0.276. The summed E-state index contributed by atoms with van der Waals surface area (Å²) in [6.45, 7) is -0.283. The predicted octanol–water partition coefficient (Wildman–Crippen LogP) is 5.27. The molecule has 1 amide bonds. The quantitative estimate of drug-likeness (QED) is 0.393. The van der Waals surface area contributed by atoms with Crippen LogP contribution in [0.1, 0.15) is 36.4 Å². The standard InChI is InChI=1S/C29H26N2O3/c32-28(18-34-29(33)25-15-19-10-11-23(25)14-19)31-27(21-7-2-1-3-8-21)17-26(30-31)24-13-12-20-6-4-5-9-22(20)16-24/h1-13,16,19,23,25,27H,14-15,17-18H2. The molecule has 6 rings (SSSR count). The number of hydrogen-bond donors (Lipinski definition) is 0. The SMILES string of the molecule is O=C(OCC(=O)N1N=C(c2ccc3ccccc3c2)CC1c1ccccc1)C1CC2C=CC1C2. The van der Waals surface area contributed by atoms with Crippen LogP contribution >= 0.6 is 0 Å². The molecule has 4 unspecified atom stereocenters. The monoisotopic (exact) mass is 450 g/mol. The number of carbonyl (C=O) groups excluding carboxylic acids is 2. The molecule has 2 bridgehead atoms. The van der Waals surface area contributed by atoms with Gasteiger partial charge in [0.25, 0.3) is 5.91 Å². The summed E-state index contributed by atoms with van der Waals surface area (Å²) >= 11 is 0. The van der Waals surface area contributed by atoms with Crippen LogP contribution in [0.15, 0.2) is 90.0 Å². The van der Waals surface area contributed by atoms with Crippen LogP contribution in [0.5, 0.6) is 0 Å². The molecule has 3 aromatic rings. The minimum absolute atomic E-state index is 0.122. The average molecular weight is 451 g/mol. The highest BCUT2D eigenvalue weighted by Gasteiger charge is 2.41. The first-order valence-corrected chi connectivity index (χ1v) is 11.9. The highest BCUT2D eigenvalue weighted by atomic mass is 16.5. The van der Waals surface area contributed by atoms with Crippen molar-refractivity contribution in [3.05, 3.63) is 96.1 Å². The molecule has 0 N–H and O–H groups in total. The Morgan fingerprint density at radius 1 is 0.912 bits per heavy atom. The largest absolute Gasteiger partial charge is 0.455 e. The molecule has 0 spiro atoms. The van der Waals surface area contributed by atoms with Crippen LogP contribution in [-0.4, -0.2) is 29.2 Å². The van der Waals surface area contributed by atoms with Gasteiger partial charge in [-0.15, -0.1) is 0 Å². The van der Waals surface area contributed by atoms with Crippen molar-refractivity contribution in [3.8, 4) is 0 Å². The fourth-order valence-corrected chi connectivity index (χ4v) is 5.58. The van der Waals surface area contributed by atoms with Gasteiger partial charge in [-0.3, -0.25) is 9.59 Å². The van der Waals surface area contributed by atoms with Crippen LogP contribution in [0.4, 0.5) is 0 Å². The van der Waals surface area contributed by atoms with Gasteiger partial charge in [0.1, 0.15) is 0 Å². The van der Waals surface area contributed by atoms with E-state index in [0.29, 0.717) is 12.3 Å². The lowest BCUT2D eigenvalue weighted by molar-refractivity contribution is -0.156. The van der Waals surface area contributed by atoms with Crippen molar-refractivity contribution in [2.45, 2.75) is 25.3 Å². The Labute approximate surface area is 198 Å². The van der Waals surface area contributed by atoms with Crippen LogP contribution in [-0.2, 0) is 14.3 Å². The molecule has 0 saturated heterocycles. The van der Waals surface area contributed by atoms with E-state index >= 15 is 0 Å². The molecule has 5 nitrogen and oxygen atoms in total. The van der Waals surface area contributed by atoms with E-state index in [2.05, 4.69) is 42.5 Å². The lowest BCUT2D eigenvalue weighted by Crippen LogP contribution is -2.33. The van der Waals surface area contributed by atoms with Gasteiger partial charge in [0.15, 0.2) is 6.61 Å². The molecule has 170 valence electrons. The van der Waals surface area contributed by atoms with Crippen molar-refractivity contribution in [2.75, 3.05) is 6.61 Å². The lowest BCUT2D eigenvalue weighted by atomic mass is 9.94. The van der Waals surface area contributed by atoms with Gasteiger partial charge in [0, 0.05) is 6.42 Å². The zero-order valence-electron chi connectivity index (χ0n) is 18.8. The third-order valence-electron chi connectivity index (χ3n) is 7.35. The topological polar surface area (TPSA) is 59.0 Å². The van der Waals surface area contributed by atoms with Crippen LogP contribution < -0.4 is 0 Å². The molecule has 0 radical (unpaired) electrons. The normalized spacial score (nSPS) is 25.1. The Morgan fingerprint density at radius 3 is 2.47 bits per heavy atom. The van der Waals surface area contributed by atoms with Gasteiger partial charge < -0.3 is 4.74 Å². The first kappa shape index (κ1) is 20.8. The first-order valence-electron chi connectivity index (χ1n) is 11.9. The zero-order valence-corrected chi connectivity index (χ0v) is 18.8.